The lowest BCUT2D eigenvalue weighted by atomic mass is 10.3. The summed E-state index contributed by atoms with van der Waals surface area (Å²) in [5, 5.41) is 18.7. The predicted molar refractivity (Wildman–Crippen MR) is 49.2 cm³/mol. The van der Waals surface area contributed by atoms with Crippen molar-refractivity contribution in [2.24, 2.45) is 0 Å². The van der Waals surface area contributed by atoms with E-state index in [1.165, 1.54) is 17.9 Å². The van der Waals surface area contributed by atoms with E-state index < -0.39 is 0 Å². The van der Waals surface area contributed by atoms with Gasteiger partial charge in [-0.3, -0.25) is 4.79 Å². The van der Waals surface area contributed by atoms with Crippen LogP contribution in [0.2, 0.25) is 0 Å². The zero-order valence-electron chi connectivity index (χ0n) is 7.90. The van der Waals surface area contributed by atoms with Gasteiger partial charge in [-0.1, -0.05) is 0 Å². The van der Waals surface area contributed by atoms with Crippen LogP contribution in [0.25, 0.3) is 0 Å². The summed E-state index contributed by atoms with van der Waals surface area (Å²) in [6, 6.07) is 2.04. The molecule has 0 atom stereocenters. The van der Waals surface area contributed by atoms with Crippen molar-refractivity contribution in [3.63, 3.8) is 0 Å². The van der Waals surface area contributed by atoms with E-state index in [4.69, 9.17) is 5.26 Å². The molecule has 1 rings (SSSR count). The molecule has 0 radical (unpaired) electrons. The van der Waals surface area contributed by atoms with E-state index >= 15 is 0 Å². The molecule has 6 heteroatoms. The van der Waals surface area contributed by atoms with Gasteiger partial charge in [-0.2, -0.15) is 15.2 Å². The average Bonchev–Trinajstić information content (AvgIpc) is 2.52. The highest BCUT2D eigenvalue weighted by molar-refractivity contribution is 5.87. The maximum atomic E-state index is 10.7. The summed E-state index contributed by atoms with van der Waals surface area (Å²) in [5.74, 6) is 0.267. The minimum atomic E-state index is -0.172. The Morgan fingerprint density at radius 2 is 2.57 bits per heavy atom. The van der Waals surface area contributed by atoms with Gasteiger partial charge in [0.2, 0.25) is 5.91 Å². The van der Waals surface area contributed by atoms with E-state index in [1.807, 2.05) is 6.07 Å². The third kappa shape index (κ3) is 3.23. The molecule has 0 bridgehead atoms. The van der Waals surface area contributed by atoms with Gasteiger partial charge in [-0.25, -0.2) is 0 Å². The number of hydrogen-bond acceptors (Lipinski definition) is 4. The summed E-state index contributed by atoms with van der Waals surface area (Å²) in [4.78, 5) is 12.1. The van der Waals surface area contributed by atoms with Crippen molar-refractivity contribution in [2.75, 3.05) is 5.32 Å². The summed E-state index contributed by atoms with van der Waals surface area (Å²) in [6.45, 7) is 2.00. The van der Waals surface area contributed by atoms with Crippen LogP contribution in [0.4, 0.5) is 5.82 Å². The first-order chi connectivity index (χ1) is 6.72. The highest BCUT2D eigenvalue weighted by Crippen LogP contribution is 1.99. The molecule has 1 aromatic heterocycles. The highest BCUT2D eigenvalue weighted by Gasteiger charge is 2.00. The number of aryl methyl sites for hydroxylation is 1. The number of aromatic nitrogens is 3. The van der Waals surface area contributed by atoms with E-state index in [1.54, 1.807) is 0 Å². The predicted octanol–water partition coefficient (Wildman–Crippen LogP) is 0.540. The van der Waals surface area contributed by atoms with Crippen LogP contribution in [-0.2, 0) is 11.3 Å². The highest BCUT2D eigenvalue weighted by atomic mass is 16.1. The molecule has 0 spiro atoms. The number of unbranched alkanes of at least 4 members (excludes halogenated alkanes) is 1. The number of amides is 1. The third-order valence-corrected chi connectivity index (χ3v) is 1.49. The van der Waals surface area contributed by atoms with Gasteiger partial charge in [0.15, 0.2) is 5.82 Å². The van der Waals surface area contributed by atoms with Crippen LogP contribution in [0, 0.1) is 11.3 Å². The molecule has 1 aromatic rings. The Kier molecular flexibility index (Phi) is 3.61. The van der Waals surface area contributed by atoms with Crippen molar-refractivity contribution in [3.05, 3.63) is 6.20 Å². The smallest absolute Gasteiger partial charge is 0.222 e. The van der Waals surface area contributed by atoms with Crippen molar-refractivity contribution in [3.8, 4) is 6.07 Å². The molecular formula is C8H11N5O. The van der Waals surface area contributed by atoms with Crippen molar-refractivity contribution >= 4 is 11.7 Å². The number of nitrogens with zero attached hydrogens (tertiary/aromatic N) is 4. The van der Waals surface area contributed by atoms with E-state index in [2.05, 4.69) is 15.5 Å². The molecule has 0 fully saturated rings. The van der Waals surface area contributed by atoms with Gasteiger partial charge in [0.25, 0.3) is 0 Å². The van der Waals surface area contributed by atoms with Crippen LogP contribution >= 0.6 is 0 Å². The first-order valence-electron chi connectivity index (χ1n) is 4.27. The molecule has 74 valence electrons. The van der Waals surface area contributed by atoms with Crippen LogP contribution in [-0.4, -0.2) is 20.9 Å². The molecule has 6 nitrogen and oxygen atoms in total. The Morgan fingerprint density at radius 3 is 3.21 bits per heavy atom. The van der Waals surface area contributed by atoms with Gasteiger partial charge in [0.1, 0.15) is 0 Å². The minimum Gasteiger partial charge on any atom is -0.308 e. The minimum absolute atomic E-state index is 0.172. The van der Waals surface area contributed by atoms with E-state index in [9.17, 15) is 4.79 Å². The molecule has 14 heavy (non-hydrogen) atoms. The maximum Gasteiger partial charge on any atom is 0.222 e. The second-order valence-electron chi connectivity index (χ2n) is 2.77. The Labute approximate surface area is 81.5 Å². The van der Waals surface area contributed by atoms with Crippen LogP contribution in [0.15, 0.2) is 6.20 Å². The van der Waals surface area contributed by atoms with Gasteiger partial charge in [0.05, 0.1) is 18.8 Å². The van der Waals surface area contributed by atoms with E-state index in [-0.39, 0.29) is 5.91 Å². The Morgan fingerprint density at radius 1 is 1.79 bits per heavy atom. The van der Waals surface area contributed by atoms with E-state index in [0.717, 1.165) is 0 Å². The monoisotopic (exact) mass is 193 g/mol. The molecule has 1 N–H and O–H groups in total. The quantitative estimate of drug-likeness (QED) is 0.707. The maximum absolute atomic E-state index is 10.7. The van der Waals surface area contributed by atoms with Gasteiger partial charge >= 0.3 is 0 Å². The number of anilines is 1. The first-order valence-corrected chi connectivity index (χ1v) is 4.27. The lowest BCUT2D eigenvalue weighted by Crippen LogP contribution is -2.07. The second kappa shape index (κ2) is 4.97. The molecule has 0 aromatic carbocycles. The van der Waals surface area contributed by atoms with Gasteiger partial charge in [-0.05, 0) is 6.42 Å². The van der Waals surface area contributed by atoms with Gasteiger partial charge in [0, 0.05) is 13.3 Å². The fraction of sp³-hybridized carbons (Fsp3) is 0.500. The number of nitriles is 1. The van der Waals surface area contributed by atoms with Crippen molar-refractivity contribution < 1.29 is 4.79 Å². The molecule has 0 aliphatic carbocycles. The molecule has 0 unspecified atom stereocenters. The van der Waals surface area contributed by atoms with Crippen molar-refractivity contribution in [1.29, 1.82) is 5.26 Å². The first kappa shape index (κ1) is 10.2. The van der Waals surface area contributed by atoms with Gasteiger partial charge < -0.3 is 5.32 Å². The molecule has 1 amide bonds. The molecule has 0 aliphatic heterocycles. The summed E-state index contributed by atoms with van der Waals surface area (Å²) in [6.07, 6.45) is 2.68. The summed E-state index contributed by atoms with van der Waals surface area (Å²) in [7, 11) is 0. The number of carbonyl (C=O) groups excluding carboxylic acids is 1. The fourth-order valence-corrected chi connectivity index (χ4v) is 0.942. The molecule has 0 saturated heterocycles. The zero-order chi connectivity index (χ0) is 10.4. The van der Waals surface area contributed by atoms with Crippen LogP contribution in [0.5, 0.6) is 0 Å². The topological polar surface area (TPSA) is 83.6 Å². The standard InChI is InChI=1S/C8H11N5O/c1-7(14)11-8-6-10-13(12-8)5-3-2-4-9/h6H,2-3,5H2,1H3,(H,11,12,14). The number of hydrogen-bond donors (Lipinski definition) is 1. The number of nitrogens with one attached hydrogen (secondary N) is 1. The van der Waals surface area contributed by atoms with Gasteiger partial charge in [-0.15, -0.1) is 5.10 Å². The Balaban J connectivity index is 2.43. The largest absolute Gasteiger partial charge is 0.308 e. The number of carbonyl (C=O) groups is 1. The molecule has 0 aliphatic rings. The molecule has 1 heterocycles. The van der Waals surface area contributed by atoms with Crippen molar-refractivity contribution in [2.45, 2.75) is 26.3 Å². The Bertz CT molecular complexity index is 351. The zero-order valence-corrected chi connectivity index (χ0v) is 7.90. The SMILES string of the molecule is CC(=O)Nc1cnn(CCCC#N)n1. The summed E-state index contributed by atoms with van der Waals surface area (Å²) >= 11 is 0. The van der Waals surface area contributed by atoms with Crippen molar-refractivity contribution in [1.82, 2.24) is 15.0 Å². The summed E-state index contributed by atoms with van der Waals surface area (Å²) in [5.41, 5.74) is 0. The molecular weight excluding hydrogens is 182 g/mol. The van der Waals surface area contributed by atoms with Crippen LogP contribution in [0.3, 0.4) is 0 Å². The molecule has 0 saturated carbocycles. The lowest BCUT2D eigenvalue weighted by molar-refractivity contribution is -0.114. The second-order valence-corrected chi connectivity index (χ2v) is 2.77. The fourth-order valence-electron chi connectivity index (χ4n) is 0.942. The average molecular weight is 193 g/mol. The third-order valence-electron chi connectivity index (χ3n) is 1.49. The lowest BCUT2D eigenvalue weighted by Gasteiger charge is -1.95. The number of rotatable bonds is 4. The summed E-state index contributed by atoms with van der Waals surface area (Å²) < 4.78 is 0. The van der Waals surface area contributed by atoms with Crippen LogP contribution in [0.1, 0.15) is 19.8 Å². The Hall–Kier alpha value is -1.90. The van der Waals surface area contributed by atoms with E-state index in [0.29, 0.717) is 25.2 Å². The van der Waals surface area contributed by atoms with Crippen LogP contribution < -0.4 is 5.32 Å². The normalized spacial score (nSPS) is 9.43.